The van der Waals surface area contributed by atoms with Crippen molar-refractivity contribution in [2.24, 2.45) is 5.92 Å². The van der Waals surface area contributed by atoms with Crippen molar-refractivity contribution in [2.45, 2.75) is 80.7 Å². The molecule has 188 valence electrons. The molecule has 6 heterocycles. The lowest BCUT2D eigenvalue weighted by Gasteiger charge is -2.58. The molecule has 10 rings (SSSR count). The summed E-state index contributed by atoms with van der Waals surface area (Å²) >= 11 is 0. The number of fused-ring (bicyclic) bond motifs is 11. The first-order valence-corrected chi connectivity index (χ1v) is 14.0. The molecule has 5 aliphatic heterocycles. The highest BCUT2D eigenvalue weighted by atomic mass is 16.8. The van der Waals surface area contributed by atoms with Crippen LogP contribution in [0.3, 0.4) is 0 Å². The number of hydrogen-bond acceptors (Lipinski definition) is 5. The number of nitrogens with zero attached hydrogens (tertiary/aromatic N) is 2. The number of para-hydroxylation sites is 1. The Morgan fingerprint density at radius 2 is 2.00 bits per heavy atom. The molecule has 2 N–H and O–H groups in total. The number of nitrogens with one attached hydrogen (secondary N) is 1. The van der Waals surface area contributed by atoms with Crippen LogP contribution in [0.2, 0.25) is 0 Å². The summed E-state index contributed by atoms with van der Waals surface area (Å²) in [5.41, 5.74) is 5.56. The van der Waals surface area contributed by atoms with Crippen molar-refractivity contribution in [2.75, 3.05) is 11.5 Å². The van der Waals surface area contributed by atoms with Crippen LogP contribution in [0.4, 0.5) is 5.69 Å². The Bertz CT molecular complexity index is 1630. The van der Waals surface area contributed by atoms with Crippen molar-refractivity contribution in [3.05, 3.63) is 53.1 Å². The lowest BCUT2D eigenvalue weighted by atomic mass is 9.59. The Kier molecular flexibility index (Phi) is 3.30. The number of amides is 1. The Morgan fingerprint density at radius 3 is 2.84 bits per heavy atom. The minimum atomic E-state index is -1.17. The van der Waals surface area contributed by atoms with Gasteiger partial charge in [0.05, 0.1) is 28.9 Å². The molecule has 2 saturated heterocycles. The number of benzene rings is 2. The molecule has 7 nitrogen and oxygen atoms in total. The van der Waals surface area contributed by atoms with Gasteiger partial charge >= 0.3 is 0 Å². The summed E-state index contributed by atoms with van der Waals surface area (Å²) < 4.78 is 15.6. The highest BCUT2D eigenvalue weighted by molar-refractivity contribution is 6.24. The van der Waals surface area contributed by atoms with Crippen molar-refractivity contribution in [3.8, 4) is 0 Å². The third-order valence-electron chi connectivity index (χ3n) is 11.1. The van der Waals surface area contributed by atoms with Gasteiger partial charge in [-0.05, 0) is 48.8 Å². The van der Waals surface area contributed by atoms with Crippen LogP contribution in [0.15, 0.2) is 36.4 Å². The quantitative estimate of drug-likeness (QED) is 0.491. The van der Waals surface area contributed by atoms with E-state index in [9.17, 15) is 9.90 Å². The van der Waals surface area contributed by atoms with Crippen molar-refractivity contribution in [3.63, 3.8) is 0 Å². The van der Waals surface area contributed by atoms with Gasteiger partial charge in [-0.2, -0.15) is 0 Å². The summed E-state index contributed by atoms with van der Waals surface area (Å²) in [6.45, 7) is 0.861. The first kappa shape index (κ1) is 20.1. The predicted octanol–water partition coefficient (Wildman–Crippen LogP) is 4.35. The van der Waals surface area contributed by atoms with E-state index in [2.05, 4.69) is 51.2 Å². The Labute approximate surface area is 214 Å². The first-order chi connectivity index (χ1) is 18.1. The van der Waals surface area contributed by atoms with Gasteiger partial charge in [-0.25, -0.2) is 0 Å². The van der Waals surface area contributed by atoms with Crippen LogP contribution in [-0.4, -0.2) is 39.7 Å². The summed E-state index contributed by atoms with van der Waals surface area (Å²) in [4.78, 5) is 16.0. The van der Waals surface area contributed by atoms with E-state index in [-0.39, 0.29) is 23.6 Å². The summed E-state index contributed by atoms with van der Waals surface area (Å²) in [5.74, 6) is -0.659. The lowest BCUT2D eigenvalue weighted by Crippen LogP contribution is -2.76. The second kappa shape index (κ2) is 6.06. The number of carbonyl (C=O) groups excluding carboxylic acids is 1. The van der Waals surface area contributed by atoms with Crippen LogP contribution in [0.25, 0.3) is 21.8 Å². The van der Waals surface area contributed by atoms with E-state index in [0.717, 1.165) is 59.5 Å². The van der Waals surface area contributed by atoms with Gasteiger partial charge in [0, 0.05) is 35.2 Å². The number of rotatable bonds is 1. The number of carbonyl (C=O) groups is 1. The maximum atomic E-state index is 13.6. The number of allylic oxidation sites excluding steroid dienone is 2. The molecule has 7 aliphatic rings. The van der Waals surface area contributed by atoms with E-state index in [1.165, 1.54) is 23.2 Å². The average molecular weight is 496 g/mol. The number of aliphatic hydroxyl groups is 1. The van der Waals surface area contributed by atoms with Crippen LogP contribution in [0.1, 0.15) is 72.7 Å². The summed E-state index contributed by atoms with van der Waals surface area (Å²) in [7, 11) is 0. The van der Waals surface area contributed by atoms with E-state index < -0.39 is 11.5 Å². The monoisotopic (exact) mass is 495 g/mol. The fourth-order valence-corrected chi connectivity index (χ4v) is 9.77. The van der Waals surface area contributed by atoms with Crippen LogP contribution in [0, 0.1) is 5.92 Å². The van der Waals surface area contributed by atoms with Crippen molar-refractivity contribution >= 4 is 33.4 Å². The van der Waals surface area contributed by atoms with E-state index in [4.69, 9.17) is 9.47 Å². The number of aromatic nitrogens is 1. The van der Waals surface area contributed by atoms with E-state index in [1.807, 2.05) is 0 Å². The molecule has 7 heteroatoms. The molecule has 3 fully saturated rings. The number of hydrogen-bond donors (Lipinski definition) is 2. The Balaban J connectivity index is 1.45. The average Bonchev–Trinajstić information content (AvgIpc) is 3.69. The summed E-state index contributed by atoms with van der Waals surface area (Å²) in [6.07, 6.45) is 11.4. The molecule has 1 aromatic heterocycles. The zero-order valence-electron chi connectivity index (χ0n) is 20.6. The third-order valence-corrected chi connectivity index (χ3v) is 11.1. The van der Waals surface area contributed by atoms with E-state index >= 15 is 0 Å². The third kappa shape index (κ3) is 1.90. The summed E-state index contributed by atoms with van der Waals surface area (Å²) in [5, 5.41) is 17.4. The summed E-state index contributed by atoms with van der Waals surface area (Å²) in [6, 6.07) is 8.56. The van der Waals surface area contributed by atoms with Gasteiger partial charge in [0.2, 0.25) is 0 Å². The topological polar surface area (TPSA) is 76.0 Å². The van der Waals surface area contributed by atoms with Crippen LogP contribution < -0.4 is 10.2 Å². The molecule has 2 aromatic carbocycles. The molecule has 1 spiro atoms. The van der Waals surface area contributed by atoms with Crippen LogP contribution >= 0.6 is 0 Å². The van der Waals surface area contributed by atoms with Gasteiger partial charge in [-0.3, -0.25) is 4.79 Å². The van der Waals surface area contributed by atoms with Gasteiger partial charge in [-0.1, -0.05) is 43.2 Å². The Morgan fingerprint density at radius 1 is 1.14 bits per heavy atom. The maximum absolute atomic E-state index is 13.6. The minimum absolute atomic E-state index is 0.0381. The molecule has 2 bridgehead atoms. The zero-order chi connectivity index (χ0) is 24.3. The molecular formula is C30H29N3O4. The fraction of sp³-hybridized carbons (Fsp3) is 0.500. The van der Waals surface area contributed by atoms with Crippen LogP contribution in [0.5, 0.6) is 0 Å². The zero-order valence-corrected chi connectivity index (χ0v) is 20.6. The SMILES string of the molecule is O=C1NCc2c3c4c5c(c21)c1ccccc1n5[C@H]1C[C@]2(O)CO[C@@]2(O1)N4C1CCCCC31C1CC=CC1. The number of anilines is 1. The fourth-order valence-electron chi connectivity index (χ4n) is 9.77. The van der Waals surface area contributed by atoms with Crippen molar-refractivity contribution in [1.82, 2.24) is 9.88 Å². The second-order valence-electron chi connectivity index (χ2n) is 12.4. The van der Waals surface area contributed by atoms with E-state index in [1.54, 1.807) is 0 Å². The molecule has 3 aromatic rings. The molecule has 2 unspecified atom stereocenters. The maximum Gasteiger partial charge on any atom is 0.287 e. The van der Waals surface area contributed by atoms with Crippen molar-refractivity contribution < 1.29 is 19.4 Å². The van der Waals surface area contributed by atoms with Gasteiger partial charge in [-0.15, -0.1) is 0 Å². The molecule has 1 saturated carbocycles. The molecular weight excluding hydrogens is 466 g/mol. The van der Waals surface area contributed by atoms with Gasteiger partial charge in [0.1, 0.15) is 6.23 Å². The molecule has 5 atom stereocenters. The van der Waals surface area contributed by atoms with Crippen LogP contribution in [-0.2, 0) is 21.4 Å². The molecule has 2 aliphatic carbocycles. The second-order valence-corrected chi connectivity index (χ2v) is 12.4. The predicted molar refractivity (Wildman–Crippen MR) is 137 cm³/mol. The largest absolute Gasteiger partial charge is 0.380 e. The molecule has 37 heavy (non-hydrogen) atoms. The first-order valence-electron chi connectivity index (χ1n) is 14.0. The van der Waals surface area contributed by atoms with Gasteiger partial charge in [0.15, 0.2) is 5.60 Å². The standard InChI is InChI=1S/C30H29N3O4/c34-27-23-18(14-31-27)24-26-25-22(23)17-9-3-4-10-19(17)32(25)21-13-28(35)15-36-30(28,37-21)33(26)20-11-5-6-12-29(20,24)16-7-1-2-8-16/h1-4,9-10,16,20-21,35H,5-8,11-15H2,(H,31,34)/t20?,21-,28+,29?,30+/m1/s1. The van der Waals surface area contributed by atoms with Crippen molar-refractivity contribution in [1.29, 1.82) is 0 Å². The molecule has 0 radical (unpaired) electrons. The van der Waals surface area contributed by atoms with Gasteiger partial charge in [0.25, 0.3) is 11.8 Å². The highest BCUT2D eigenvalue weighted by Crippen LogP contribution is 2.69. The molecule has 1 amide bonds. The normalized spacial score (nSPS) is 38.6. The smallest absolute Gasteiger partial charge is 0.287 e. The Hall–Kier alpha value is -2.87. The lowest BCUT2D eigenvalue weighted by molar-refractivity contribution is -0.383. The van der Waals surface area contributed by atoms with E-state index in [0.29, 0.717) is 25.5 Å². The minimum Gasteiger partial charge on any atom is -0.380 e. The number of ether oxygens (including phenoxy) is 2. The highest BCUT2D eigenvalue weighted by Gasteiger charge is 2.77. The van der Waals surface area contributed by atoms with Gasteiger partial charge < -0.3 is 29.4 Å².